The molecular weight excluding hydrogens is 184 g/mol. The van der Waals surface area contributed by atoms with Crippen molar-refractivity contribution in [3.05, 3.63) is 11.1 Å². The monoisotopic (exact) mass is 208 g/mol. The van der Waals surface area contributed by atoms with Gasteiger partial charge in [-0.3, -0.25) is 0 Å². The Kier molecular flexibility index (Phi) is 2.00. The van der Waals surface area contributed by atoms with E-state index in [0.29, 0.717) is 5.92 Å². The molecule has 3 aliphatic carbocycles. The molecule has 1 heteroatoms. The lowest BCUT2D eigenvalue weighted by Crippen LogP contribution is -2.61. The third kappa shape index (κ3) is 0.982. The van der Waals surface area contributed by atoms with Crippen LogP contribution in [0, 0.1) is 16.7 Å². The highest BCUT2D eigenvalue weighted by molar-refractivity contribution is 5.38. The zero-order valence-electron chi connectivity index (χ0n) is 10.9. The summed E-state index contributed by atoms with van der Waals surface area (Å²) in [6.07, 6.45) is 2.07. The second kappa shape index (κ2) is 2.68. The summed E-state index contributed by atoms with van der Waals surface area (Å²) in [5, 5.41) is 10.8. The highest BCUT2D eigenvalue weighted by Gasteiger charge is 2.61. The van der Waals surface area contributed by atoms with Crippen molar-refractivity contribution < 1.29 is 5.11 Å². The summed E-state index contributed by atoms with van der Waals surface area (Å²) in [6.45, 7) is 13.6. The maximum absolute atomic E-state index is 10.8. The lowest BCUT2D eigenvalue weighted by atomic mass is 9.42. The molecule has 3 unspecified atom stereocenters. The van der Waals surface area contributed by atoms with Crippen LogP contribution in [0.4, 0.5) is 0 Å². The van der Waals surface area contributed by atoms with Crippen LogP contribution in [0.25, 0.3) is 0 Å². The van der Waals surface area contributed by atoms with E-state index < -0.39 is 5.60 Å². The Morgan fingerprint density at radius 3 is 2.13 bits per heavy atom. The molecule has 1 N–H and O–H groups in total. The van der Waals surface area contributed by atoms with E-state index in [1.807, 2.05) is 0 Å². The van der Waals surface area contributed by atoms with Crippen LogP contribution in [0.2, 0.25) is 0 Å². The maximum atomic E-state index is 10.8. The summed E-state index contributed by atoms with van der Waals surface area (Å²) < 4.78 is 0. The van der Waals surface area contributed by atoms with Crippen LogP contribution < -0.4 is 0 Å². The molecule has 0 aromatic rings. The van der Waals surface area contributed by atoms with Crippen molar-refractivity contribution in [3.8, 4) is 0 Å². The van der Waals surface area contributed by atoms with E-state index in [4.69, 9.17) is 0 Å². The van der Waals surface area contributed by atoms with Crippen molar-refractivity contribution in [3.63, 3.8) is 0 Å². The van der Waals surface area contributed by atoms with Gasteiger partial charge in [-0.05, 0) is 49.0 Å². The molecule has 0 aliphatic heterocycles. The van der Waals surface area contributed by atoms with Crippen molar-refractivity contribution in [2.24, 2.45) is 16.7 Å². The molecule has 1 saturated carbocycles. The predicted molar refractivity (Wildman–Crippen MR) is 63.6 cm³/mol. The first-order valence-corrected chi connectivity index (χ1v) is 6.09. The van der Waals surface area contributed by atoms with E-state index in [1.165, 1.54) is 11.1 Å². The van der Waals surface area contributed by atoms with Crippen molar-refractivity contribution >= 4 is 0 Å². The molecule has 0 amide bonds. The highest BCUT2D eigenvalue weighted by atomic mass is 16.3. The number of hydrogen-bond donors (Lipinski definition) is 1. The fourth-order valence-electron chi connectivity index (χ4n) is 3.98. The Morgan fingerprint density at radius 2 is 1.60 bits per heavy atom. The number of rotatable bonds is 0. The molecule has 0 heterocycles. The topological polar surface area (TPSA) is 20.2 Å². The number of fused-ring (bicyclic) bond motifs is 2. The van der Waals surface area contributed by atoms with Crippen LogP contribution in [-0.2, 0) is 0 Å². The van der Waals surface area contributed by atoms with E-state index in [9.17, 15) is 5.11 Å². The Hall–Kier alpha value is -0.300. The van der Waals surface area contributed by atoms with Crippen molar-refractivity contribution in [2.45, 2.75) is 60.0 Å². The van der Waals surface area contributed by atoms with Gasteiger partial charge < -0.3 is 5.11 Å². The summed E-state index contributed by atoms with van der Waals surface area (Å²) in [7, 11) is 0. The first-order chi connectivity index (χ1) is 6.68. The second-order valence-electron chi connectivity index (χ2n) is 6.45. The number of allylic oxidation sites excluding steroid dienone is 1. The fraction of sp³-hybridized carbons (Fsp3) is 0.857. The van der Waals surface area contributed by atoms with Crippen molar-refractivity contribution in [1.29, 1.82) is 0 Å². The number of aliphatic hydroxyl groups is 1. The van der Waals surface area contributed by atoms with E-state index in [0.717, 1.165) is 12.8 Å². The molecule has 1 nitrogen and oxygen atoms in total. The molecule has 3 atom stereocenters. The molecule has 0 radical (unpaired) electrons. The Labute approximate surface area is 93.6 Å². The fourth-order valence-corrected chi connectivity index (χ4v) is 3.98. The van der Waals surface area contributed by atoms with E-state index in [-0.39, 0.29) is 10.8 Å². The van der Waals surface area contributed by atoms with Gasteiger partial charge in [0.1, 0.15) is 0 Å². The van der Waals surface area contributed by atoms with Gasteiger partial charge in [-0.25, -0.2) is 0 Å². The minimum atomic E-state index is -0.536. The van der Waals surface area contributed by atoms with Gasteiger partial charge in [0, 0.05) is 0 Å². The Morgan fingerprint density at radius 1 is 1.07 bits per heavy atom. The summed E-state index contributed by atoms with van der Waals surface area (Å²) in [5.41, 5.74) is 2.61. The smallest absolute Gasteiger partial charge is 0.0887 e. The van der Waals surface area contributed by atoms with E-state index >= 15 is 0 Å². The van der Waals surface area contributed by atoms with Crippen LogP contribution in [0.3, 0.4) is 0 Å². The van der Waals surface area contributed by atoms with Gasteiger partial charge in [-0.1, -0.05) is 33.3 Å². The summed E-state index contributed by atoms with van der Waals surface area (Å²) >= 11 is 0. The average Bonchev–Trinajstić information content (AvgIpc) is 2.17. The van der Waals surface area contributed by atoms with Gasteiger partial charge in [0.05, 0.1) is 5.60 Å². The molecular formula is C14H24O. The molecule has 0 spiro atoms. The van der Waals surface area contributed by atoms with E-state index in [2.05, 4.69) is 41.5 Å². The first kappa shape index (κ1) is 11.2. The van der Waals surface area contributed by atoms with Crippen LogP contribution in [0.5, 0.6) is 0 Å². The van der Waals surface area contributed by atoms with Crippen LogP contribution in [0.1, 0.15) is 54.4 Å². The Bertz CT molecular complexity index is 339. The summed E-state index contributed by atoms with van der Waals surface area (Å²) in [5.74, 6) is 0.354. The molecule has 1 fully saturated rings. The molecule has 3 rings (SSSR count). The lowest BCUT2D eigenvalue weighted by Gasteiger charge is -2.64. The molecule has 3 aliphatic rings. The van der Waals surface area contributed by atoms with Gasteiger partial charge in [0.25, 0.3) is 0 Å². The molecule has 15 heavy (non-hydrogen) atoms. The van der Waals surface area contributed by atoms with Gasteiger partial charge in [-0.2, -0.15) is 0 Å². The van der Waals surface area contributed by atoms with E-state index in [1.54, 1.807) is 0 Å². The van der Waals surface area contributed by atoms with Crippen LogP contribution in [0.15, 0.2) is 11.1 Å². The molecule has 0 aromatic heterocycles. The largest absolute Gasteiger partial charge is 0.385 e. The maximum Gasteiger partial charge on any atom is 0.0887 e. The highest BCUT2D eigenvalue weighted by Crippen LogP contribution is 2.66. The van der Waals surface area contributed by atoms with Crippen LogP contribution in [-0.4, -0.2) is 10.7 Å². The molecule has 0 saturated heterocycles. The third-order valence-electron chi connectivity index (χ3n) is 6.27. The molecule has 2 bridgehead atoms. The SMILES string of the molecule is CC1=C(C)C2(C)CCC1(O)C(C)C2(C)C. The average molecular weight is 208 g/mol. The van der Waals surface area contributed by atoms with Gasteiger partial charge in [-0.15, -0.1) is 0 Å². The van der Waals surface area contributed by atoms with Crippen LogP contribution >= 0.6 is 0 Å². The second-order valence-corrected chi connectivity index (χ2v) is 6.45. The standard InChI is InChI=1S/C14H24O/c1-9-10(2)14(15)8-7-13(9,6)12(4,5)11(14)3/h11,15H,7-8H2,1-6H3. The van der Waals surface area contributed by atoms with Gasteiger partial charge in [0.15, 0.2) is 0 Å². The minimum Gasteiger partial charge on any atom is -0.385 e. The summed E-state index contributed by atoms with van der Waals surface area (Å²) in [6, 6.07) is 0. The van der Waals surface area contributed by atoms with Crippen molar-refractivity contribution in [2.75, 3.05) is 0 Å². The number of hydrogen-bond acceptors (Lipinski definition) is 1. The van der Waals surface area contributed by atoms with Gasteiger partial charge >= 0.3 is 0 Å². The third-order valence-corrected chi connectivity index (χ3v) is 6.27. The first-order valence-electron chi connectivity index (χ1n) is 6.09. The zero-order chi connectivity index (χ0) is 11.6. The molecule has 86 valence electrons. The lowest BCUT2D eigenvalue weighted by molar-refractivity contribution is -0.139. The predicted octanol–water partition coefficient (Wildman–Crippen LogP) is 3.53. The molecule has 0 aromatic carbocycles. The van der Waals surface area contributed by atoms with Gasteiger partial charge in [0.2, 0.25) is 0 Å². The zero-order valence-corrected chi connectivity index (χ0v) is 10.9. The van der Waals surface area contributed by atoms with Crippen molar-refractivity contribution in [1.82, 2.24) is 0 Å². The summed E-state index contributed by atoms with van der Waals surface area (Å²) in [4.78, 5) is 0. The minimum absolute atomic E-state index is 0.198. The Balaban J connectivity index is 2.69. The quantitative estimate of drug-likeness (QED) is 0.604. The normalized spacial score (nSPS) is 48.6.